The van der Waals surface area contributed by atoms with Crippen molar-refractivity contribution in [3.63, 3.8) is 0 Å². The molecule has 0 spiro atoms. The molecule has 5 rings (SSSR count). The average Bonchev–Trinajstić information content (AvgIpc) is 3.20. The van der Waals surface area contributed by atoms with Crippen molar-refractivity contribution in [3.05, 3.63) is 92.3 Å². The Morgan fingerprint density at radius 1 is 0.868 bits per heavy atom. The number of hydrogen-bond acceptors (Lipinski definition) is 7. The van der Waals surface area contributed by atoms with E-state index in [9.17, 15) is 14.7 Å². The number of aromatic hydroxyl groups is 1. The molecule has 1 aromatic heterocycles. The molecule has 0 bridgehead atoms. The molecule has 8 heteroatoms. The summed E-state index contributed by atoms with van der Waals surface area (Å²) in [5.74, 6) is 1.09. The van der Waals surface area contributed by atoms with Crippen molar-refractivity contribution >= 4 is 16.9 Å². The molecule has 2 heterocycles. The summed E-state index contributed by atoms with van der Waals surface area (Å²) in [7, 11) is 4.60. The second-order valence-electron chi connectivity index (χ2n) is 9.38. The third kappa shape index (κ3) is 4.12. The van der Waals surface area contributed by atoms with E-state index in [-0.39, 0.29) is 34.2 Å². The Labute approximate surface area is 220 Å². The van der Waals surface area contributed by atoms with E-state index in [2.05, 4.69) is 0 Å². The minimum absolute atomic E-state index is 0.0330. The van der Waals surface area contributed by atoms with Crippen LogP contribution in [0.15, 0.2) is 57.7 Å². The van der Waals surface area contributed by atoms with E-state index in [4.69, 9.17) is 18.6 Å². The molecule has 0 radical (unpaired) electrons. The van der Waals surface area contributed by atoms with Gasteiger partial charge in [-0.25, -0.2) is 0 Å². The Bertz CT molecular complexity index is 1620. The van der Waals surface area contributed by atoms with Crippen molar-refractivity contribution in [2.75, 3.05) is 27.9 Å². The number of nitrogens with zero attached hydrogens (tertiary/aromatic N) is 1. The van der Waals surface area contributed by atoms with Gasteiger partial charge in [0.05, 0.1) is 38.3 Å². The van der Waals surface area contributed by atoms with Crippen molar-refractivity contribution in [1.29, 1.82) is 0 Å². The summed E-state index contributed by atoms with van der Waals surface area (Å²) < 4.78 is 22.2. The average molecular weight is 516 g/mol. The molecule has 3 aromatic carbocycles. The lowest BCUT2D eigenvalue weighted by atomic mass is 9.97. The molecular formula is C30H29NO7. The lowest BCUT2D eigenvalue weighted by Gasteiger charge is -2.25. The first-order valence-electron chi connectivity index (χ1n) is 12.2. The summed E-state index contributed by atoms with van der Waals surface area (Å²) in [5, 5.41) is 10.6. The predicted octanol–water partition coefficient (Wildman–Crippen LogP) is 4.93. The van der Waals surface area contributed by atoms with Gasteiger partial charge in [0.15, 0.2) is 28.4 Å². The van der Waals surface area contributed by atoms with E-state index in [1.54, 1.807) is 37.3 Å². The van der Waals surface area contributed by atoms with Crippen LogP contribution in [0.3, 0.4) is 0 Å². The number of carbonyl (C=O) groups is 1. The van der Waals surface area contributed by atoms with Gasteiger partial charge in [0, 0.05) is 6.54 Å². The van der Waals surface area contributed by atoms with Crippen molar-refractivity contribution in [1.82, 2.24) is 4.90 Å². The quantitative estimate of drug-likeness (QED) is 0.373. The second kappa shape index (κ2) is 9.78. The first-order valence-corrected chi connectivity index (χ1v) is 12.2. The van der Waals surface area contributed by atoms with Crippen LogP contribution in [-0.2, 0) is 6.42 Å². The summed E-state index contributed by atoms with van der Waals surface area (Å²) in [5.41, 5.74) is 3.92. The van der Waals surface area contributed by atoms with Gasteiger partial charge in [0.2, 0.25) is 5.76 Å². The van der Waals surface area contributed by atoms with Gasteiger partial charge in [-0.1, -0.05) is 12.1 Å². The highest BCUT2D eigenvalue weighted by Gasteiger charge is 2.42. The second-order valence-corrected chi connectivity index (χ2v) is 9.38. The molecule has 1 N–H and O–H groups in total. The third-order valence-corrected chi connectivity index (χ3v) is 7.19. The summed E-state index contributed by atoms with van der Waals surface area (Å²) in [6.07, 6.45) is 0.498. The van der Waals surface area contributed by atoms with Gasteiger partial charge in [-0.05, 0) is 78.9 Å². The zero-order valence-corrected chi connectivity index (χ0v) is 22.0. The minimum atomic E-state index is -0.714. The number of fused-ring (bicyclic) bond motifs is 2. The maximum absolute atomic E-state index is 13.9. The highest BCUT2D eigenvalue weighted by molar-refractivity contribution is 5.99. The van der Waals surface area contributed by atoms with Gasteiger partial charge in [-0.2, -0.15) is 0 Å². The molecule has 4 aromatic rings. The van der Waals surface area contributed by atoms with Gasteiger partial charge in [-0.3, -0.25) is 9.59 Å². The predicted molar refractivity (Wildman–Crippen MR) is 143 cm³/mol. The van der Waals surface area contributed by atoms with E-state index >= 15 is 0 Å². The van der Waals surface area contributed by atoms with Crippen LogP contribution in [0.4, 0.5) is 0 Å². The van der Waals surface area contributed by atoms with Crippen LogP contribution in [0.2, 0.25) is 0 Å². The number of ether oxygens (including phenoxy) is 3. The number of carbonyl (C=O) groups excluding carboxylic acids is 1. The number of benzene rings is 3. The fraction of sp³-hybridized carbons (Fsp3) is 0.267. The van der Waals surface area contributed by atoms with Gasteiger partial charge in [0.1, 0.15) is 5.58 Å². The summed E-state index contributed by atoms with van der Waals surface area (Å²) in [6, 6.07) is 13.3. The Morgan fingerprint density at radius 2 is 1.58 bits per heavy atom. The maximum Gasteiger partial charge on any atom is 0.290 e. The number of aryl methyl sites for hydroxylation is 2. The number of phenols is 1. The molecule has 1 unspecified atom stereocenters. The topological polar surface area (TPSA) is 98.4 Å². The zero-order chi connectivity index (χ0) is 27.1. The van der Waals surface area contributed by atoms with Crippen molar-refractivity contribution in [2.45, 2.75) is 26.3 Å². The van der Waals surface area contributed by atoms with Crippen LogP contribution in [0.1, 0.15) is 44.4 Å². The Morgan fingerprint density at radius 3 is 2.29 bits per heavy atom. The number of phenolic OH excluding ortho intramolecular Hbond substituents is 1. The van der Waals surface area contributed by atoms with E-state index in [1.165, 1.54) is 13.2 Å². The maximum atomic E-state index is 13.9. The highest BCUT2D eigenvalue weighted by Crippen LogP contribution is 2.41. The summed E-state index contributed by atoms with van der Waals surface area (Å²) in [4.78, 5) is 29.3. The minimum Gasteiger partial charge on any atom is -0.504 e. The molecule has 0 saturated carbocycles. The normalized spacial score (nSPS) is 14.6. The molecule has 0 aliphatic carbocycles. The Hall–Kier alpha value is -4.46. The van der Waals surface area contributed by atoms with Crippen LogP contribution >= 0.6 is 0 Å². The molecule has 1 aliphatic heterocycles. The van der Waals surface area contributed by atoms with Gasteiger partial charge >= 0.3 is 0 Å². The fourth-order valence-electron chi connectivity index (χ4n) is 5.00. The molecule has 1 atom stereocenters. The molecular weight excluding hydrogens is 486 g/mol. The molecule has 1 amide bonds. The van der Waals surface area contributed by atoms with Crippen LogP contribution < -0.4 is 19.6 Å². The SMILES string of the molecule is COc1cc(C2c3c(oc4cc(C)c(C)cc4c3=O)C(=O)N2CCc2ccc(OC)c(OC)c2)ccc1O. The van der Waals surface area contributed by atoms with E-state index in [0.29, 0.717) is 41.0 Å². The molecule has 38 heavy (non-hydrogen) atoms. The molecule has 8 nitrogen and oxygen atoms in total. The summed E-state index contributed by atoms with van der Waals surface area (Å²) in [6.45, 7) is 4.18. The number of hydrogen-bond donors (Lipinski definition) is 1. The van der Waals surface area contributed by atoms with Crippen LogP contribution in [-0.4, -0.2) is 43.8 Å². The monoisotopic (exact) mass is 515 g/mol. The molecule has 0 fully saturated rings. The Kier molecular flexibility index (Phi) is 6.48. The number of methoxy groups -OCH3 is 3. The first kappa shape index (κ1) is 25.2. The highest BCUT2D eigenvalue weighted by atomic mass is 16.5. The van der Waals surface area contributed by atoms with Crippen molar-refractivity contribution in [2.24, 2.45) is 0 Å². The van der Waals surface area contributed by atoms with E-state index in [0.717, 1.165) is 16.7 Å². The molecule has 1 aliphatic rings. The number of rotatable bonds is 7. The van der Waals surface area contributed by atoms with Crippen LogP contribution in [0, 0.1) is 13.8 Å². The van der Waals surface area contributed by atoms with Crippen LogP contribution in [0.5, 0.6) is 23.0 Å². The smallest absolute Gasteiger partial charge is 0.290 e. The lowest BCUT2D eigenvalue weighted by Crippen LogP contribution is -2.31. The third-order valence-electron chi connectivity index (χ3n) is 7.19. The van der Waals surface area contributed by atoms with E-state index < -0.39 is 6.04 Å². The standard InChI is InChI=1S/C30H29NO7/c1-16-12-20-23(13-17(16)2)38-29-26(28(20)33)27(19-7-8-21(32)24(15-19)36-4)31(30(29)34)11-10-18-6-9-22(35-3)25(14-18)37-5/h6-9,12-15,27,32H,10-11H2,1-5H3. The zero-order valence-electron chi connectivity index (χ0n) is 22.0. The number of amides is 1. The fourth-order valence-corrected chi connectivity index (χ4v) is 5.00. The molecule has 0 saturated heterocycles. The van der Waals surface area contributed by atoms with E-state index in [1.807, 2.05) is 38.1 Å². The van der Waals surface area contributed by atoms with Crippen molar-refractivity contribution < 1.29 is 28.5 Å². The van der Waals surface area contributed by atoms with Gasteiger partial charge in [-0.15, -0.1) is 0 Å². The molecule has 196 valence electrons. The van der Waals surface area contributed by atoms with Gasteiger partial charge < -0.3 is 28.6 Å². The van der Waals surface area contributed by atoms with Crippen molar-refractivity contribution in [3.8, 4) is 23.0 Å². The van der Waals surface area contributed by atoms with Crippen LogP contribution in [0.25, 0.3) is 11.0 Å². The Balaban J connectivity index is 1.63. The summed E-state index contributed by atoms with van der Waals surface area (Å²) >= 11 is 0. The lowest BCUT2D eigenvalue weighted by molar-refractivity contribution is 0.0730. The largest absolute Gasteiger partial charge is 0.504 e. The first-order chi connectivity index (χ1) is 18.3. The van der Waals surface area contributed by atoms with Gasteiger partial charge in [0.25, 0.3) is 5.91 Å².